The fourth-order valence-electron chi connectivity index (χ4n) is 2.84. The molecule has 0 aliphatic rings. The zero-order valence-electron chi connectivity index (χ0n) is 16.2. The summed E-state index contributed by atoms with van der Waals surface area (Å²) in [6, 6.07) is 15.5. The summed E-state index contributed by atoms with van der Waals surface area (Å²) in [5.74, 6) is -0.143. The molecular weight excluding hydrogens is 404 g/mol. The zero-order valence-corrected chi connectivity index (χ0v) is 17.8. The van der Waals surface area contributed by atoms with E-state index in [4.69, 9.17) is 0 Å². The Kier molecular flexibility index (Phi) is 8.04. The van der Waals surface area contributed by atoms with Gasteiger partial charge in [-0.25, -0.2) is 0 Å². The minimum Gasteiger partial charge on any atom is -0.355 e. The highest BCUT2D eigenvalue weighted by atomic mass is 79.9. The van der Waals surface area contributed by atoms with Crippen molar-refractivity contribution in [3.8, 4) is 0 Å². The molecule has 2 aromatic rings. The van der Waals surface area contributed by atoms with Crippen LogP contribution in [0.25, 0.3) is 0 Å². The van der Waals surface area contributed by atoms with Crippen molar-refractivity contribution in [2.45, 2.75) is 46.2 Å². The van der Waals surface area contributed by atoms with Crippen molar-refractivity contribution in [1.29, 1.82) is 0 Å². The van der Waals surface area contributed by atoms with Crippen molar-refractivity contribution < 1.29 is 9.59 Å². The summed E-state index contributed by atoms with van der Waals surface area (Å²) in [6.07, 6.45) is 1.04. The second-order valence-corrected chi connectivity index (χ2v) is 7.62. The molecule has 144 valence electrons. The summed E-state index contributed by atoms with van der Waals surface area (Å²) in [5, 5.41) is 2.82. The van der Waals surface area contributed by atoms with Gasteiger partial charge in [-0.1, -0.05) is 57.9 Å². The monoisotopic (exact) mass is 430 g/mol. The van der Waals surface area contributed by atoms with Gasteiger partial charge in [-0.2, -0.15) is 0 Å². The van der Waals surface area contributed by atoms with Crippen LogP contribution in [0.3, 0.4) is 0 Å². The number of amides is 2. The number of nitrogens with zero attached hydrogens (tertiary/aromatic N) is 1. The van der Waals surface area contributed by atoms with Gasteiger partial charge in [0, 0.05) is 24.0 Å². The molecule has 2 aromatic carbocycles. The quantitative estimate of drug-likeness (QED) is 0.680. The Labute approximate surface area is 170 Å². The van der Waals surface area contributed by atoms with Gasteiger partial charge in [0.1, 0.15) is 6.04 Å². The molecule has 0 aliphatic heterocycles. The fourth-order valence-corrected chi connectivity index (χ4v) is 3.11. The molecule has 2 rings (SSSR count). The number of carbonyl (C=O) groups excluding carboxylic acids is 2. The number of aryl methyl sites for hydroxylation is 2. The number of likely N-dealkylation sites (N-methyl/N-ethyl adjacent to an activating group) is 1. The van der Waals surface area contributed by atoms with Crippen LogP contribution in [0.4, 0.5) is 0 Å². The molecule has 2 amide bonds. The fraction of sp³-hybridized carbons (Fsp3) is 0.364. The molecule has 4 nitrogen and oxygen atoms in total. The van der Waals surface area contributed by atoms with Crippen molar-refractivity contribution in [1.82, 2.24) is 10.2 Å². The van der Waals surface area contributed by atoms with Crippen molar-refractivity contribution in [2.24, 2.45) is 0 Å². The van der Waals surface area contributed by atoms with Gasteiger partial charge in [0.05, 0.1) is 0 Å². The van der Waals surface area contributed by atoms with E-state index in [9.17, 15) is 9.59 Å². The van der Waals surface area contributed by atoms with Gasteiger partial charge in [-0.3, -0.25) is 9.59 Å². The van der Waals surface area contributed by atoms with Crippen LogP contribution in [-0.4, -0.2) is 29.3 Å². The molecule has 1 N–H and O–H groups in total. The summed E-state index contributed by atoms with van der Waals surface area (Å²) >= 11 is 3.42. The Morgan fingerprint density at radius 1 is 1.04 bits per heavy atom. The number of nitrogens with one attached hydrogen (secondary N) is 1. The highest BCUT2D eigenvalue weighted by molar-refractivity contribution is 9.10. The maximum atomic E-state index is 12.9. The van der Waals surface area contributed by atoms with E-state index in [1.54, 1.807) is 11.8 Å². The Morgan fingerprint density at radius 2 is 1.63 bits per heavy atom. The summed E-state index contributed by atoms with van der Waals surface area (Å²) in [4.78, 5) is 26.9. The van der Waals surface area contributed by atoms with E-state index >= 15 is 0 Å². The molecule has 0 radical (unpaired) electrons. The average Bonchev–Trinajstić information content (AvgIpc) is 2.66. The summed E-state index contributed by atoms with van der Waals surface area (Å²) in [6.45, 7) is 6.67. The molecule has 0 bridgehead atoms. The van der Waals surface area contributed by atoms with E-state index in [1.165, 1.54) is 5.56 Å². The Balaban J connectivity index is 2.11. The molecule has 0 fully saturated rings. The SMILES string of the molecule is CCNC(=O)C(C)N(Cc1ccc(Br)cc1)C(=O)CCc1ccc(C)cc1. The van der Waals surface area contributed by atoms with Crippen LogP contribution < -0.4 is 5.32 Å². The van der Waals surface area contributed by atoms with Gasteiger partial charge in [0.2, 0.25) is 11.8 Å². The number of carbonyl (C=O) groups is 2. The molecule has 1 unspecified atom stereocenters. The molecule has 0 spiro atoms. The number of benzene rings is 2. The van der Waals surface area contributed by atoms with Crippen LogP contribution in [0.1, 0.15) is 37.0 Å². The highest BCUT2D eigenvalue weighted by Gasteiger charge is 2.25. The van der Waals surface area contributed by atoms with Gasteiger partial charge >= 0.3 is 0 Å². The lowest BCUT2D eigenvalue weighted by Gasteiger charge is -2.29. The molecule has 27 heavy (non-hydrogen) atoms. The molecule has 1 atom stereocenters. The van der Waals surface area contributed by atoms with Crippen LogP contribution in [0.15, 0.2) is 53.0 Å². The average molecular weight is 431 g/mol. The second-order valence-electron chi connectivity index (χ2n) is 6.70. The first-order valence-corrected chi connectivity index (χ1v) is 10.1. The Bertz CT molecular complexity index is 757. The van der Waals surface area contributed by atoms with E-state index < -0.39 is 6.04 Å². The maximum absolute atomic E-state index is 12.9. The lowest BCUT2D eigenvalue weighted by Crippen LogP contribution is -2.47. The van der Waals surface area contributed by atoms with Gasteiger partial charge in [0.25, 0.3) is 0 Å². The Hall–Kier alpha value is -2.14. The standard InChI is InChI=1S/C22H27BrN2O2/c1-4-24-22(27)17(3)25(15-19-9-12-20(23)13-10-19)21(26)14-11-18-7-5-16(2)6-8-18/h5-10,12-13,17H,4,11,14-15H2,1-3H3,(H,24,27). The minimum atomic E-state index is -0.515. The van der Waals surface area contributed by atoms with Crippen molar-refractivity contribution in [2.75, 3.05) is 6.54 Å². The number of hydrogen-bond acceptors (Lipinski definition) is 2. The van der Waals surface area contributed by atoms with Crippen LogP contribution in [0, 0.1) is 6.92 Å². The van der Waals surface area contributed by atoms with Crippen molar-refractivity contribution >= 4 is 27.7 Å². The second kappa shape index (κ2) is 10.3. The lowest BCUT2D eigenvalue weighted by atomic mass is 10.1. The molecule has 0 saturated carbocycles. The first-order chi connectivity index (χ1) is 12.9. The van der Waals surface area contributed by atoms with Crippen LogP contribution in [0.2, 0.25) is 0 Å². The van der Waals surface area contributed by atoms with E-state index in [0.717, 1.165) is 15.6 Å². The first kappa shape index (κ1) is 21.2. The number of halogens is 1. The van der Waals surface area contributed by atoms with E-state index in [2.05, 4.69) is 45.5 Å². The van der Waals surface area contributed by atoms with E-state index in [0.29, 0.717) is 25.9 Å². The predicted molar refractivity (Wildman–Crippen MR) is 112 cm³/mol. The van der Waals surface area contributed by atoms with Gasteiger partial charge in [-0.05, 0) is 50.5 Å². The maximum Gasteiger partial charge on any atom is 0.242 e. The zero-order chi connectivity index (χ0) is 19.8. The van der Waals surface area contributed by atoms with Crippen molar-refractivity contribution in [3.05, 3.63) is 69.7 Å². The third kappa shape index (κ3) is 6.51. The first-order valence-electron chi connectivity index (χ1n) is 9.28. The minimum absolute atomic E-state index is 0.0164. The molecule has 0 heterocycles. The lowest BCUT2D eigenvalue weighted by molar-refractivity contribution is -0.140. The normalized spacial score (nSPS) is 11.7. The van der Waals surface area contributed by atoms with Gasteiger partial charge in [-0.15, -0.1) is 0 Å². The number of hydrogen-bond donors (Lipinski definition) is 1. The van der Waals surface area contributed by atoms with Crippen molar-refractivity contribution in [3.63, 3.8) is 0 Å². The highest BCUT2D eigenvalue weighted by Crippen LogP contribution is 2.16. The largest absolute Gasteiger partial charge is 0.355 e. The van der Waals surface area contributed by atoms with E-state index in [1.807, 2.05) is 38.1 Å². The third-order valence-corrected chi connectivity index (χ3v) is 5.06. The van der Waals surface area contributed by atoms with Crippen LogP contribution >= 0.6 is 15.9 Å². The molecule has 0 aromatic heterocycles. The smallest absolute Gasteiger partial charge is 0.242 e. The van der Waals surface area contributed by atoms with E-state index in [-0.39, 0.29) is 11.8 Å². The molecule has 0 saturated heterocycles. The van der Waals surface area contributed by atoms with Crippen LogP contribution in [0.5, 0.6) is 0 Å². The summed E-state index contributed by atoms with van der Waals surface area (Å²) in [5.41, 5.74) is 3.33. The predicted octanol–water partition coefficient (Wildman–Crippen LogP) is 4.24. The Morgan fingerprint density at radius 3 is 2.22 bits per heavy atom. The number of rotatable bonds is 8. The van der Waals surface area contributed by atoms with Crippen LogP contribution in [-0.2, 0) is 22.6 Å². The topological polar surface area (TPSA) is 49.4 Å². The summed E-state index contributed by atoms with van der Waals surface area (Å²) in [7, 11) is 0. The van der Waals surface area contributed by atoms with Gasteiger partial charge in [0.15, 0.2) is 0 Å². The summed E-state index contributed by atoms with van der Waals surface area (Å²) < 4.78 is 0.986. The molecule has 0 aliphatic carbocycles. The molecule has 5 heteroatoms. The van der Waals surface area contributed by atoms with Gasteiger partial charge < -0.3 is 10.2 Å². The third-order valence-electron chi connectivity index (χ3n) is 4.53. The molecular formula is C22H27BrN2O2.